The lowest BCUT2D eigenvalue weighted by Crippen LogP contribution is -2.54. The van der Waals surface area contributed by atoms with Crippen LogP contribution in [0.15, 0.2) is 12.3 Å². The molecule has 2 rings (SSSR count). The molecule has 0 amide bonds. The van der Waals surface area contributed by atoms with Gasteiger partial charge in [0.1, 0.15) is 11.6 Å². The van der Waals surface area contributed by atoms with Gasteiger partial charge < -0.3 is 15.0 Å². The largest absolute Gasteiger partial charge is 0.377 e. The van der Waals surface area contributed by atoms with Gasteiger partial charge in [0.2, 0.25) is 0 Å². The molecule has 0 bridgehead atoms. The van der Waals surface area contributed by atoms with E-state index in [1.54, 1.807) is 6.07 Å². The molecule has 0 aromatic carbocycles. The number of morpholine rings is 1. The molecule has 1 N–H and O–H groups in total. The van der Waals surface area contributed by atoms with Gasteiger partial charge in [-0.2, -0.15) is 0 Å². The van der Waals surface area contributed by atoms with Crippen molar-refractivity contribution in [2.24, 2.45) is 0 Å². The predicted molar refractivity (Wildman–Crippen MR) is 83.0 cm³/mol. The zero-order chi connectivity index (χ0) is 15.7. The molecule has 0 atom stereocenters. The Kier molecular flexibility index (Phi) is 4.54. The molecule has 21 heavy (non-hydrogen) atoms. The zero-order valence-electron chi connectivity index (χ0n) is 13.7. The number of hydrogen-bond donors (Lipinski definition) is 1. The monoisotopic (exact) mass is 295 g/mol. The molecule has 4 nitrogen and oxygen atoms in total. The molecule has 2 heterocycles. The first-order valence-corrected chi connectivity index (χ1v) is 7.44. The maximum Gasteiger partial charge on any atom is 0.141 e. The van der Waals surface area contributed by atoms with E-state index in [1.807, 2.05) is 0 Å². The Balaban J connectivity index is 2.30. The summed E-state index contributed by atoms with van der Waals surface area (Å²) in [7, 11) is 0. The maximum atomic E-state index is 13.6. The van der Waals surface area contributed by atoms with Crippen molar-refractivity contribution in [1.29, 1.82) is 0 Å². The normalized spacial score (nSPS) is 18.9. The molecular weight excluding hydrogens is 269 g/mol. The first-order chi connectivity index (χ1) is 9.69. The van der Waals surface area contributed by atoms with E-state index in [1.165, 1.54) is 6.20 Å². The summed E-state index contributed by atoms with van der Waals surface area (Å²) in [6.45, 7) is 13.2. The summed E-state index contributed by atoms with van der Waals surface area (Å²) in [5, 5.41) is 3.41. The third-order valence-corrected chi connectivity index (χ3v) is 3.62. The molecule has 118 valence electrons. The molecular formula is C16H26FN3O. The van der Waals surface area contributed by atoms with Gasteiger partial charge in [0.05, 0.1) is 24.9 Å². The molecule has 1 saturated heterocycles. The first kappa shape index (κ1) is 16.2. The van der Waals surface area contributed by atoms with Crippen LogP contribution in [0.5, 0.6) is 0 Å². The predicted octanol–water partition coefficient (Wildman–Crippen LogP) is 2.72. The molecule has 1 aromatic heterocycles. The van der Waals surface area contributed by atoms with E-state index in [9.17, 15) is 4.39 Å². The molecule has 1 aliphatic rings. The summed E-state index contributed by atoms with van der Waals surface area (Å²) in [4.78, 5) is 6.57. The zero-order valence-corrected chi connectivity index (χ0v) is 13.7. The second-order valence-electron chi connectivity index (χ2n) is 7.26. The summed E-state index contributed by atoms with van der Waals surface area (Å²) in [6, 6.07) is 1.58. The third-order valence-electron chi connectivity index (χ3n) is 3.62. The topological polar surface area (TPSA) is 37.4 Å². The highest BCUT2D eigenvalue weighted by Crippen LogP contribution is 2.28. The van der Waals surface area contributed by atoms with Gasteiger partial charge in [-0.3, -0.25) is 0 Å². The number of aromatic nitrogens is 1. The lowest BCUT2D eigenvalue weighted by atomic mass is 10.0. The van der Waals surface area contributed by atoms with Crippen molar-refractivity contribution >= 4 is 5.82 Å². The van der Waals surface area contributed by atoms with Gasteiger partial charge >= 0.3 is 0 Å². The number of halogens is 1. The van der Waals surface area contributed by atoms with Crippen LogP contribution in [-0.2, 0) is 11.3 Å². The number of nitrogens with one attached hydrogen (secondary N) is 1. The molecule has 5 heteroatoms. The van der Waals surface area contributed by atoms with E-state index in [4.69, 9.17) is 4.74 Å². The van der Waals surface area contributed by atoms with Gasteiger partial charge in [0, 0.05) is 24.2 Å². The minimum atomic E-state index is -0.296. The molecule has 1 aliphatic heterocycles. The second-order valence-corrected chi connectivity index (χ2v) is 7.26. The van der Waals surface area contributed by atoms with Crippen molar-refractivity contribution in [3.05, 3.63) is 23.6 Å². The van der Waals surface area contributed by atoms with Gasteiger partial charge in [-0.1, -0.05) is 0 Å². The molecule has 0 saturated carbocycles. The average molecular weight is 295 g/mol. The molecule has 1 fully saturated rings. The van der Waals surface area contributed by atoms with Crippen LogP contribution < -0.4 is 10.2 Å². The van der Waals surface area contributed by atoms with Crippen molar-refractivity contribution in [3.8, 4) is 0 Å². The van der Waals surface area contributed by atoms with Crippen molar-refractivity contribution in [2.75, 3.05) is 24.7 Å². The van der Waals surface area contributed by atoms with Crippen LogP contribution in [0.3, 0.4) is 0 Å². The number of rotatable bonds is 3. The van der Waals surface area contributed by atoms with Crippen LogP contribution in [0.1, 0.15) is 40.2 Å². The van der Waals surface area contributed by atoms with E-state index >= 15 is 0 Å². The van der Waals surface area contributed by atoms with E-state index < -0.39 is 0 Å². The summed E-state index contributed by atoms with van der Waals surface area (Å²) >= 11 is 0. The highest BCUT2D eigenvalue weighted by molar-refractivity contribution is 5.49. The first-order valence-electron chi connectivity index (χ1n) is 7.44. The van der Waals surface area contributed by atoms with Crippen LogP contribution in [0, 0.1) is 5.82 Å². The van der Waals surface area contributed by atoms with E-state index in [-0.39, 0.29) is 16.9 Å². The van der Waals surface area contributed by atoms with Crippen LogP contribution in [0.4, 0.5) is 10.2 Å². The summed E-state index contributed by atoms with van der Waals surface area (Å²) in [6.07, 6.45) is 1.29. The smallest absolute Gasteiger partial charge is 0.141 e. The van der Waals surface area contributed by atoms with Crippen LogP contribution in [-0.4, -0.2) is 35.8 Å². The van der Waals surface area contributed by atoms with Crippen molar-refractivity contribution in [1.82, 2.24) is 10.3 Å². The Bertz CT molecular complexity index is 497. The molecule has 0 unspecified atom stereocenters. The number of pyridine rings is 1. The lowest BCUT2D eigenvalue weighted by Gasteiger charge is -2.43. The summed E-state index contributed by atoms with van der Waals surface area (Å²) in [5.41, 5.74) is 0.726. The van der Waals surface area contributed by atoms with Crippen molar-refractivity contribution < 1.29 is 9.13 Å². The number of hydrogen-bond acceptors (Lipinski definition) is 4. The third kappa shape index (κ3) is 4.14. The van der Waals surface area contributed by atoms with E-state index in [0.717, 1.165) is 17.9 Å². The number of ether oxygens (including phenoxy) is 1. The molecule has 0 aliphatic carbocycles. The summed E-state index contributed by atoms with van der Waals surface area (Å²) < 4.78 is 19.1. The van der Waals surface area contributed by atoms with Crippen molar-refractivity contribution in [3.63, 3.8) is 0 Å². The number of anilines is 1. The van der Waals surface area contributed by atoms with E-state index in [2.05, 4.69) is 49.8 Å². The van der Waals surface area contributed by atoms with Crippen LogP contribution >= 0.6 is 0 Å². The fourth-order valence-electron chi connectivity index (χ4n) is 2.46. The Morgan fingerprint density at radius 3 is 2.76 bits per heavy atom. The fourth-order valence-corrected chi connectivity index (χ4v) is 2.46. The fraction of sp³-hybridized carbons (Fsp3) is 0.688. The minimum Gasteiger partial charge on any atom is -0.377 e. The standard InChI is InChI=1S/C16H26FN3O/c1-15(2,3)19-9-12-8-13(17)10-18-14(12)20-6-7-21-11-16(20,4)5/h8,10,19H,6-7,9,11H2,1-5H3. The van der Waals surface area contributed by atoms with Crippen LogP contribution in [0.2, 0.25) is 0 Å². The Morgan fingerprint density at radius 2 is 2.14 bits per heavy atom. The molecule has 1 aromatic rings. The molecule has 0 spiro atoms. The highest BCUT2D eigenvalue weighted by atomic mass is 19.1. The number of nitrogens with zero attached hydrogens (tertiary/aromatic N) is 2. The quantitative estimate of drug-likeness (QED) is 0.930. The Morgan fingerprint density at radius 1 is 1.43 bits per heavy atom. The van der Waals surface area contributed by atoms with E-state index in [0.29, 0.717) is 19.8 Å². The Labute approximate surface area is 126 Å². The van der Waals surface area contributed by atoms with Gasteiger partial charge in [0.25, 0.3) is 0 Å². The summed E-state index contributed by atoms with van der Waals surface area (Å²) in [5.74, 6) is 0.553. The van der Waals surface area contributed by atoms with Gasteiger partial charge in [-0.05, 0) is 40.7 Å². The van der Waals surface area contributed by atoms with Crippen LogP contribution in [0.25, 0.3) is 0 Å². The molecule has 0 radical (unpaired) electrons. The average Bonchev–Trinajstić information content (AvgIpc) is 2.36. The van der Waals surface area contributed by atoms with Gasteiger partial charge in [-0.15, -0.1) is 0 Å². The SMILES string of the molecule is CC(C)(C)NCc1cc(F)cnc1N1CCOCC1(C)C. The van der Waals surface area contributed by atoms with Gasteiger partial charge in [0.15, 0.2) is 0 Å². The van der Waals surface area contributed by atoms with Gasteiger partial charge in [-0.25, -0.2) is 9.37 Å². The lowest BCUT2D eigenvalue weighted by molar-refractivity contribution is 0.0637. The highest BCUT2D eigenvalue weighted by Gasteiger charge is 2.33. The maximum absolute atomic E-state index is 13.6. The second kappa shape index (κ2) is 5.89. The Hall–Kier alpha value is -1.20. The van der Waals surface area contributed by atoms with Crippen molar-refractivity contribution in [2.45, 2.75) is 52.2 Å². The minimum absolute atomic E-state index is 0.0237.